The highest BCUT2D eigenvalue weighted by Crippen LogP contribution is 2.29. The van der Waals surface area contributed by atoms with E-state index in [1.807, 2.05) is 29.6 Å². The number of likely N-dealkylation sites (tertiary alicyclic amines) is 1. The fourth-order valence-corrected chi connectivity index (χ4v) is 4.31. The number of hydrogen-bond donors (Lipinski definition) is 1. The maximum absolute atomic E-state index is 12.8. The monoisotopic (exact) mass is 399 g/mol. The summed E-state index contributed by atoms with van der Waals surface area (Å²) in [6.07, 6.45) is 3.25. The van der Waals surface area contributed by atoms with Crippen LogP contribution in [0.15, 0.2) is 48.0 Å². The van der Waals surface area contributed by atoms with Crippen LogP contribution in [0, 0.1) is 5.92 Å². The number of amides is 2. The van der Waals surface area contributed by atoms with Gasteiger partial charge in [-0.1, -0.05) is 17.7 Å². The summed E-state index contributed by atoms with van der Waals surface area (Å²) in [7, 11) is 0. The molecule has 138 valence electrons. The van der Waals surface area contributed by atoms with Crippen LogP contribution in [0.3, 0.4) is 0 Å². The van der Waals surface area contributed by atoms with Gasteiger partial charge in [0, 0.05) is 24.7 Å². The van der Waals surface area contributed by atoms with E-state index in [9.17, 15) is 9.59 Å². The van der Waals surface area contributed by atoms with E-state index in [-0.39, 0.29) is 17.7 Å². The Hall–Kier alpha value is -2.44. The number of piperidine rings is 1. The molecule has 0 bridgehead atoms. The molecule has 0 saturated carbocycles. The number of carbonyl (C=O) groups is 2. The number of nitrogens with zero attached hydrogens (tertiary/aromatic N) is 2. The molecule has 4 rings (SSSR count). The maximum Gasteiger partial charge on any atom is 0.263 e. The molecule has 1 N–H and O–H groups in total. The van der Waals surface area contributed by atoms with Crippen molar-refractivity contribution in [3.05, 3.63) is 57.9 Å². The van der Waals surface area contributed by atoms with Crippen molar-refractivity contribution in [2.24, 2.45) is 5.92 Å². The number of halogens is 1. The van der Waals surface area contributed by atoms with E-state index in [0.717, 1.165) is 18.2 Å². The predicted octanol–water partition coefficient (Wildman–Crippen LogP) is 4.44. The van der Waals surface area contributed by atoms with Crippen LogP contribution < -0.4 is 5.32 Å². The Morgan fingerprint density at radius 3 is 2.93 bits per heavy atom. The van der Waals surface area contributed by atoms with E-state index in [2.05, 4.69) is 10.3 Å². The lowest BCUT2D eigenvalue weighted by molar-refractivity contribution is -0.121. The lowest BCUT2D eigenvalue weighted by Gasteiger charge is -2.31. The number of pyridine rings is 1. The van der Waals surface area contributed by atoms with E-state index < -0.39 is 0 Å². The molecule has 1 atom stereocenters. The summed E-state index contributed by atoms with van der Waals surface area (Å²) in [5.41, 5.74) is 1.31. The first kappa shape index (κ1) is 17.9. The molecule has 27 heavy (non-hydrogen) atoms. The van der Waals surface area contributed by atoms with E-state index in [1.54, 1.807) is 23.2 Å². The molecule has 0 aliphatic carbocycles. The molecule has 3 heterocycles. The lowest BCUT2D eigenvalue weighted by atomic mass is 9.96. The summed E-state index contributed by atoms with van der Waals surface area (Å²) in [4.78, 5) is 32.3. The Labute approximate surface area is 166 Å². The van der Waals surface area contributed by atoms with E-state index in [1.165, 1.54) is 11.3 Å². The van der Waals surface area contributed by atoms with Gasteiger partial charge >= 0.3 is 0 Å². The van der Waals surface area contributed by atoms with Crippen molar-refractivity contribution in [3.63, 3.8) is 0 Å². The van der Waals surface area contributed by atoms with Gasteiger partial charge in [-0.2, -0.15) is 0 Å². The average molecular weight is 400 g/mol. The molecule has 1 aliphatic rings. The fourth-order valence-electron chi connectivity index (χ4n) is 3.41. The Kier molecular flexibility index (Phi) is 5.09. The predicted molar refractivity (Wildman–Crippen MR) is 108 cm³/mol. The Balaban J connectivity index is 1.50. The highest BCUT2D eigenvalue weighted by molar-refractivity contribution is 7.12. The van der Waals surface area contributed by atoms with E-state index in [0.29, 0.717) is 34.2 Å². The largest absolute Gasteiger partial charge is 0.337 e. The van der Waals surface area contributed by atoms with E-state index >= 15 is 0 Å². The molecule has 1 saturated heterocycles. The van der Waals surface area contributed by atoms with Crippen LogP contribution >= 0.6 is 22.9 Å². The molecular weight excluding hydrogens is 382 g/mol. The number of rotatable bonds is 3. The molecule has 2 aromatic heterocycles. The third-order valence-corrected chi connectivity index (χ3v) is 5.97. The highest BCUT2D eigenvalue weighted by atomic mass is 35.5. The van der Waals surface area contributed by atoms with Gasteiger partial charge in [-0.3, -0.25) is 14.6 Å². The number of carbonyl (C=O) groups excluding carboxylic acids is 2. The molecule has 2 amide bonds. The first-order valence-electron chi connectivity index (χ1n) is 8.80. The molecular formula is C20H18ClN3O2S. The minimum Gasteiger partial charge on any atom is -0.337 e. The van der Waals surface area contributed by atoms with Crippen LogP contribution in [0.2, 0.25) is 5.02 Å². The van der Waals surface area contributed by atoms with Gasteiger partial charge in [-0.15, -0.1) is 11.3 Å². The summed E-state index contributed by atoms with van der Waals surface area (Å²) >= 11 is 7.65. The minimum absolute atomic E-state index is 0.00103. The quantitative estimate of drug-likeness (QED) is 0.708. The van der Waals surface area contributed by atoms with Gasteiger partial charge in [0.2, 0.25) is 5.91 Å². The molecule has 1 aromatic carbocycles. The van der Waals surface area contributed by atoms with Crippen LogP contribution in [0.4, 0.5) is 5.69 Å². The van der Waals surface area contributed by atoms with Gasteiger partial charge in [0.1, 0.15) is 0 Å². The number of aromatic nitrogens is 1. The highest BCUT2D eigenvalue weighted by Gasteiger charge is 2.29. The van der Waals surface area contributed by atoms with Crippen LogP contribution in [0.5, 0.6) is 0 Å². The van der Waals surface area contributed by atoms with Gasteiger partial charge < -0.3 is 10.2 Å². The van der Waals surface area contributed by atoms with Crippen molar-refractivity contribution in [2.45, 2.75) is 12.8 Å². The van der Waals surface area contributed by atoms with Crippen molar-refractivity contribution in [2.75, 3.05) is 18.4 Å². The SMILES string of the molecule is O=C(Nc1ccc(Cl)c2cccnc12)[C@@H]1CCCN(C(=O)c2cccs2)C1. The molecule has 5 nitrogen and oxygen atoms in total. The van der Waals surface area contributed by atoms with Crippen molar-refractivity contribution in [1.29, 1.82) is 0 Å². The van der Waals surface area contributed by atoms with Gasteiger partial charge in [-0.05, 0) is 48.6 Å². The normalized spacial score (nSPS) is 17.1. The molecule has 1 fully saturated rings. The smallest absolute Gasteiger partial charge is 0.263 e. The van der Waals surface area contributed by atoms with Gasteiger partial charge in [0.15, 0.2) is 0 Å². The summed E-state index contributed by atoms with van der Waals surface area (Å²) in [5.74, 6) is -0.328. The molecule has 0 unspecified atom stereocenters. The van der Waals surface area contributed by atoms with Crippen LogP contribution in [0.1, 0.15) is 22.5 Å². The number of hydrogen-bond acceptors (Lipinski definition) is 4. The first-order valence-corrected chi connectivity index (χ1v) is 10.1. The second-order valence-electron chi connectivity index (χ2n) is 6.55. The summed E-state index contributed by atoms with van der Waals surface area (Å²) in [6.45, 7) is 1.12. The fraction of sp³-hybridized carbons (Fsp3) is 0.250. The third-order valence-electron chi connectivity index (χ3n) is 4.79. The molecule has 0 radical (unpaired) electrons. The third kappa shape index (κ3) is 3.68. The van der Waals surface area contributed by atoms with Crippen LogP contribution in [-0.4, -0.2) is 34.8 Å². The lowest BCUT2D eigenvalue weighted by Crippen LogP contribution is -2.43. The van der Waals surface area contributed by atoms with Crippen molar-refractivity contribution in [3.8, 4) is 0 Å². The van der Waals surface area contributed by atoms with Crippen molar-refractivity contribution >= 4 is 51.3 Å². The van der Waals surface area contributed by atoms with Crippen LogP contribution in [0.25, 0.3) is 10.9 Å². The number of nitrogens with one attached hydrogen (secondary N) is 1. The van der Waals surface area contributed by atoms with Gasteiger partial charge in [0.05, 0.1) is 27.0 Å². The molecule has 1 aliphatic heterocycles. The summed E-state index contributed by atoms with van der Waals surface area (Å²) in [5, 5.41) is 6.27. The standard InChI is InChI=1S/C20H18ClN3O2S/c21-15-7-8-16(18-14(15)5-1-9-22-18)23-19(25)13-4-2-10-24(12-13)20(26)17-6-3-11-27-17/h1,3,5-9,11,13H,2,4,10,12H2,(H,23,25)/t13-/m1/s1. The van der Waals surface area contributed by atoms with Crippen LogP contribution in [-0.2, 0) is 4.79 Å². The Morgan fingerprint density at radius 2 is 2.11 bits per heavy atom. The number of benzene rings is 1. The molecule has 0 spiro atoms. The van der Waals surface area contributed by atoms with Gasteiger partial charge in [0.25, 0.3) is 5.91 Å². The zero-order valence-corrected chi connectivity index (χ0v) is 16.1. The number of fused-ring (bicyclic) bond motifs is 1. The second-order valence-corrected chi connectivity index (χ2v) is 7.91. The average Bonchev–Trinajstić information content (AvgIpc) is 3.24. The molecule has 7 heteroatoms. The zero-order valence-electron chi connectivity index (χ0n) is 14.5. The number of thiophene rings is 1. The first-order chi connectivity index (χ1) is 13.1. The minimum atomic E-state index is -0.239. The topological polar surface area (TPSA) is 62.3 Å². The van der Waals surface area contributed by atoms with E-state index in [4.69, 9.17) is 11.6 Å². The van der Waals surface area contributed by atoms with Gasteiger partial charge in [-0.25, -0.2) is 0 Å². The molecule has 3 aromatic rings. The van der Waals surface area contributed by atoms with Crippen molar-refractivity contribution in [1.82, 2.24) is 9.88 Å². The zero-order chi connectivity index (χ0) is 18.8. The van der Waals surface area contributed by atoms with Crippen molar-refractivity contribution < 1.29 is 9.59 Å². The summed E-state index contributed by atoms with van der Waals surface area (Å²) < 4.78 is 0. The summed E-state index contributed by atoms with van der Waals surface area (Å²) in [6, 6.07) is 10.9. The Morgan fingerprint density at radius 1 is 1.22 bits per heavy atom. The number of anilines is 1. The Bertz CT molecular complexity index is 990. The second kappa shape index (κ2) is 7.66. The maximum atomic E-state index is 12.8.